The van der Waals surface area contributed by atoms with Gasteiger partial charge in [-0.15, -0.1) is 0 Å². The molecule has 0 fully saturated rings. The fourth-order valence-electron chi connectivity index (χ4n) is 2.70. The highest BCUT2D eigenvalue weighted by Gasteiger charge is 2.27. The van der Waals surface area contributed by atoms with Crippen LogP contribution in [0.4, 0.5) is 0 Å². The summed E-state index contributed by atoms with van der Waals surface area (Å²) in [6.45, 7) is 3.66. The molecule has 2 aromatic carbocycles. The van der Waals surface area contributed by atoms with Crippen LogP contribution in [0.15, 0.2) is 47.4 Å². The number of hydrogen-bond donors (Lipinski definition) is 2. The molecule has 2 aromatic rings. The molecule has 2 rings (SSSR count). The van der Waals surface area contributed by atoms with E-state index in [2.05, 4.69) is 10.0 Å². The molecular weight excluding hydrogens is 451 g/mol. The second kappa shape index (κ2) is 10.7. The zero-order valence-electron chi connectivity index (χ0n) is 16.4. The van der Waals surface area contributed by atoms with E-state index in [0.717, 1.165) is 5.56 Å². The van der Waals surface area contributed by atoms with E-state index in [1.54, 1.807) is 37.3 Å². The molecule has 5 nitrogen and oxygen atoms in total. The van der Waals surface area contributed by atoms with Gasteiger partial charge >= 0.3 is 0 Å². The number of nitrogens with one attached hydrogen (secondary N) is 2. The van der Waals surface area contributed by atoms with Crippen molar-refractivity contribution in [3.8, 4) is 0 Å². The van der Waals surface area contributed by atoms with E-state index in [-0.39, 0.29) is 4.90 Å². The van der Waals surface area contributed by atoms with Crippen molar-refractivity contribution in [2.24, 2.45) is 0 Å². The molecule has 0 saturated heterocycles. The Hall–Kier alpha value is -1.25. The van der Waals surface area contributed by atoms with Crippen molar-refractivity contribution < 1.29 is 13.2 Å². The van der Waals surface area contributed by atoms with Gasteiger partial charge in [0, 0.05) is 10.0 Å². The number of carbonyl (C=O) groups is 1. The van der Waals surface area contributed by atoms with Crippen LogP contribution < -0.4 is 10.0 Å². The van der Waals surface area contributed by atoms with E-state index >= 15 is 0 Å². The summed E-state index contributed by atoms with van der Waals surface area (Å²) < 4.78 is 28.0. The maximum Gasteiger partial charge on any atom is 0.241 e. The Bertz CT molecular complexity index is 951. The zero-order chi connectivity index (χ0) is 21.6. The quantitative estimate of drug-likeness (QED) is 0.557. The second-order valence-corrected chi connectivity index (χ2v) is 10.2. The van der Waals surface area contributed by atoms with Crippen molar-refractivity contribution in [1.82, 2.24) is 10.0 Å². The smallest absolute Gasteiger partial charge is 0.241 e. The normalized spacial score (nSPS) is 13.7. The van der Waals surface area contributed by atoms with Crippen LogP contribution in [0.5, 0.6) is 0 Å². The minimum absolute atomic E-state index is 0.124. The SMILES string of the molecule is CSCCC(NS(=O)(=O)c1ccc(C)cc1)C(=O)NC(C)c1ccc(Cl)cc1Cl. The van der Waals surface area contributed by atoms with Crippen molar-refractivity contribution in [1.29, 1.82) is 0 Å². The summed E-state index contributed by atoms with van der Waals surface area (Å²) in [6.07, 6.45) is 2.26. The van der Waals surface area contributed by atoms with Crippen molar-refractivity contribution in [2.75, 3.05) is 12.0 Å². The number of carbonyl (C=O) groups excluding carboxylic acids is 1. The molecule has 0 aromatic heterocycles. The molecule has 0 bridgehead atoms. The summed E-state index contributed by atoms with van der Waals surface area (Å²) in [5.74, 6) is 0.221. The van der Waals surface area contributed by atoms with Gasteiger partial charge < -0.3 is 5.32 Å². The Morgan fingerprint density at radius 1 is 1.14 bits per heavy atom. The van der Waals surface area contributed by atoms with Gasteiger partial charge in [0.05, 0.1) is 10.9 Å². The third kappa shape index (κ3) is 6.89. The molecule has 0 radical (unpaired) electrons. The molecule has 0 aliphatic rings. The molecule has 2 unspecified atom stereocenters. The Morgan fingerprint density at radius 2 is 1.79 bits per heavy atom. The maximum absolute atomic E-state index is 12.9. The van der Waals surface area contributed by atoms with E-state index in [4.69, 9.17) is 23.2 Å². The Kier molecular flexibility index (Phi) is 8.85. The molecular formula is C20H24Cl2N2O3S2. The standard InChI is InChI=1S/C20H24Cl2N2O3S2/c1-13-4-7-16(8-5-13)29(26,27)24-19(10-11-28-3)20(25)23-14(2)17-9-6-15(21)12-18(17)22/h4-9,12,14,19,24H,10-11H2,1-3H3,(H,23,25). The molecule has 0 aliphatic carbocycles. The van der Waals surface area contributed by atoms with Crippen molar-refractivity contribution >= 4 is 50.9 Å². The number of aryl methyl sites for hydroxylation is 1. The predicted molar refractivity (Wildman–Crippen MR) is 121 cm³/mol. The molecule has 158 valence electrons. The van der Waals surface area contributed by atoms with Crippen LogP contribution in [0, 0.1) is 6.92 Å². The minimum Gasteiger partial charge on any atom is -0.348 e. The number of halogens is 2. The van der Waals surface area contributed by atoms with Crippen LogP contribution in [0.3, 0.4) is 0 Å². The summed E-state index contributed by atoms with van der Waals surface area (Å²) in [5.41, 5.74) is 1.66. The van der Waals surface area contributed by atoms with Gasteiger partial charge in [0.1, 0.15) is 6.04 Å². The fraction of sp³-hybridized carbons (Fsp3) is 0.350. The Labute approximate surface area is 186 Å². The highest BCUT2D eigenvalue weighted by Crippen LogP contribution is 2.26. The summed E-state index contributed by atoms with van der Waals surface area (Å²) in [7, 11) is -3.83. The number of thioether (sulfide) groups is 1. The highest BCUT2D eigenvalue weighted by atomic mass is 35.5. The minimum atomic E-state index is -3.83. The van der Waals surface area contributed by atoms with E-state index in [1.807, 2.05) is 13.2 Å². The molecule has 2 N–H and O–H groups in total. The first kappa shape index (κ1) is 24.0. The van der Waals surface area contributed by atoms with Crippen LogP contribution in [0.2, 0.25) is 10.0 Å². The van der Waals surface area contributed by atoms with E-state index < -0.39 is 28.0 Å². The molecule has 0 saturated carbocycles. The maximum atomic E-state index is 12.9. The number of sulfonamides is 1. The van der Waals surface area contributed by atoms with Crippen LogP contribution in [-0.2, 0) is 14.8 Å². The number of hydrogen-bond acceptors (Lipinski definition) is 4. The summed E-state index contributed by atoms with van der Waals surface area (Å²) in [4.78, 5) is 13.0. The largest absolute Gasteiger partial charge is 0.348 e. The third-order valence-electron chi connectivity index (χ3n) is 4.34. The average molecular weight is 475 g/mol. The van der Waals surface area contributed by atoms with E-state index in [0.29, 0.717) is 27.8 Å². The molecule has 0 heterocycles. The lowest BCUT2D eigenvalue weighted by molar-refractivity contribution is -0.123. The van der Waals surface area contributed by atoms with Gasteiger partial charge in [0.15, 0.2) is 0 Å². The third-order valence-corrected chi connectivity index (χ3v) is 7.04. The first-order valence-electron chi connectivity index (χ1n) is 8.97. The lowest BCUT2D eigenvalue weighted by Crippen LogP contribution is -2.47. The van der Waals surface area contributed by atoms with Crippen molar-refractivity contribution in [3.63, 3.8) is 0 Å². The van der Waals surface area contributed by atoms with Crippen LogP contribution in [0.1, 0.15) is 30.5 Å². The Balaban J connectivity index is 2.17. The average Bonchev–Trinajstić information content (AvgIpc) is 2.65. The van der Waals surface area contributed by atoms with Gasteiger partial charge in [-0.1, -0.05) is 47.0 Å². The molecule has 0 aliphatic heterocycles. The monoisotopic (exact) mass is 474 g/mol. The topological polar surface area (TPSA) is 75.3 Å². The molecule has 29 heavy (non-hydrogen) atoms. The van der Waals surface area contributed by atoms with Gasteiger partial charge in [-0.25, -0.2) is 8.42 Å². The summed E-state index contributed by atoms with van der Waals surface area (Å²) >= 11 is 13.7. The number of benzene rings is 2. The molecule has 9 heteroatoms. The van der Waals surface area contributed by atoms with Gasteiger partial charge in [0.2, 0.25) is 15.9 Å². The predicted octanol–water partition coefficient (Wildman–Crippen LogP) is 4.58. The zero-order valence-corrected chi connectivity index (χ0v) is 19.6. The number of rotatable bonds is 9. The first-order chi connectivity index (χ1) is 13.6. The van der Waals surface area contributed by atoms with Crippen LogP contribution in [0.25, 0.3) is 0 Å². The lowest BCUT2D eigenvalue weighted by Gasteiger charge is -2.22. The van der Waals surface area contributed by atoms with E-state index in [1.165, 1.54) is 23.9 Å². The van der Waals surface area contributed by atoms with Crippen LogP contribution in [-0.4, -0.2) is 32.4 Å². The second-order valence-electron chi connectivity index (χ2n) is 6.66. The first-order valence-corrected chi connectivity index (χ1v) is 12.6. The Morgan fingerprint density at radius 3 is 2.38 bits per heavy atom. The van der Waals surface area contributed by atoms with Crippen LogP contribution >= 0.6 is 35.0 Å². The van der Waals surface area contributed by atoms with Crippen molar-refractivity contribution in [2.45, 2.75) is 37.2 Å². The molecule has 2 atom stereocenters. The van der Waals surface area contributed by atoms with Gasteiger partial charge in [-0.05, 0) is 62.1 Å². The molecule has 0 spiro atoms. The summed E-state index contributed by atoms with van der Waals surface area (Å²) in [6, 6.07) is 10.2. The van der Waals surface area contributed by atoms with Crippen molar-refractivity contribution in [3.05, 3.63) is 63.6 Å². The molecule has 1 amide bonds. The highest BCUT2D eigenvalue weighted by molar-refractivity contribution is 7.98. The number of amides is 1. The van der Waals surface area contributed by atoms with Gasteiger partial charge in [0.25, 0.3) is 0 Å². The fourth-order valence-corrected chi connectivity index (χ4v) is 4.97. The van der Waals surface area contributed by atoms with Gasteiger partial charge in [-0.2, -0.15) is 16.5 Å². The van der Waals surface area contributed by atoms with E-state index in [9.17, 15) is 13.2 Å². The lowest BCUT2D eigenvalue weighted by atomic mass is 10.1. The van der Waals surface area contributed by atoms with Gasteiger partial charge in [-0.3, -0.25) is 4.79 Å². The summed E-state index contributed by atoms with van der Waals surface area (Å²) in [5, 5.41) is 3.78.